The van der Waals surface area contributed by atoms with Crippen molar-refractivity contribution in [1.29, 1.82) is 0 Å². The predicted octanol–water partition coefficient (Wildman–Crippen LogP) is 5.80. The maximum absolute atomic E-state index is 13.2. The number of hydrogen-bond donors (Lipinski definition) is 1. The maximum atomic E-state index is 13.2. The molecule has 0 saturated carbocycles. The van der Waals surface area contributed by atoms with Gasteiger partial charge < -0.3 is 10.2 Å². The van der Waals surface area contributed by atoms with Crippen LogP contribution in [0.5, 0.6) is 0 Å². The lowest BCUT2D eigenvalue weighted by Crippen LogP contribution is -2.39. The molecule has 32 heavy (non-hydrogen) atoms. The number of nitrogens with one attached hydrogen (secondary N) is 1. The van der Waals surface area contributed by atoms with Gasteiger partial charge in [0.2, 0.25) is 0 Å². The molecule has 3 aromatic carbocycles. The molecule has 0 radical (unpaired) electrons. The average molecular weight is 490 g/mol. The van der Waals surface area contributed by atoms with Crippen molar-refractivity contribution in [2.45, 2.75) is 19.3 Å². The number of hydrogen-bond acceptors (Lipinski definition) is 3. The first-order valence-electron chi connectivity index (χ1n) is 10.9. The van der Waals surface area contributed by atoms with Gasteiger partial charge in [-0.3, -0.25) is 9.59 Å². The Kier molecular flexibility index (Phi) is 5.70. The first-order chi connectivity index (χ1) is 15.6. The molecule has 162 valence electrons. The van der Waals surface area contributed by atoms with Gasteiger partial charge in [-0.2, -0.15) is 0 Å². The van der Waals surface area contributed by atoms with Crippen LogP contribution in [0.1, 0.15) is 39.1 Å². The van der Waals surface area contributed by atoms with E-state index in [-0.39, 0.29) is 11.8 Å². The highest BCUT2D eigenvalue weighted by Gasteiger charge is 2.28. The summed E-state index contributed by atoms with van der Waals surface area (Å²) in [4.78, 5) is 28.1. The van der Waals surface area contributed by atoms with Gasteiger partial charge >= 0.3 is 0 Å². The largest absolute Gasteiger partial charge is 0.353 e. The molecule has 2 amide bonds. The summed E-state index contributed by atoms with van der Waals surface area (Å²) < 4.78 is 1.43. The zero-order valence-electron chi connectivity index (χ0n) is 17.6. The number of nitrogens with zero attached hydrogens (tertiary/aromatic N) is 2. The molecular weight excluding hydrogens is 466 g/mol. The van der Waals surface area contributed by atoms with E-state index in [1.807, 2.05) is 41.3 Å². The Morgan fingerprint density at radius 2 is 1.66 bits per heavy atom. The third-order valence-corrected chi connectivity index (χ3v) is 7.03. The molecular formula is C26H24BrN3O2. The Bertz CT molecular complexity index is 1160. The Hall–Kier alpha value is -3.12. The van der Waals surface area contributed by atoms with Crippen molar-refractivity contribution in [1.82, 2.24) is 4.90 Å². The molecule has 0 aromatic heterocycles. The maximum Gasteiger partial charge on any atom is 0.270 e. The van der Waals surface area contributed by atoms with Gasteiger partial charge in [0.25, 0.3) is 11.8 Å². The minimum atomic E-state index is -0.168. The van der Waals surface area contributed by atoms with Crippen LogP contribution in [0.4, 0.5) is 17.1 Å². The monoisotopic (exact) mass is 489 g/mol. The summed E-state index contributed by atoms with van der Waals surface area (Å²) in [5.41, 5.74) is 4.69. The molecule has 0 unspecified atom stereocenters. The number of benzene rings is 3. The second kappa shape index (κ2) is 8.79. The molecule has 1 fully saturated rings. The molecule has 5 nitrogen and oxygen atoms in total. The number of likely N-dealkylation sites (tertiary alicyclic amines) is 1. The smallest absolute Gasteiger partial charge is 0.270 e. The van der Waals surface area contributed by atoms with Crippen LogP contribution in [0.3, 0.4) is 0 Å². The lowest BCUT2D eigenvalue weighted by Gasteiger charge is -2.32. The van der Waals surface area contributed by atoms with E-state index in [1.165, 1.54) is 9.49 Å². The molecule has 1 saturated heterocycles. The summed E-state index contributed by atoms with van der Waals surface area (Å²) in [7, 11) is 0. The molecule has 2 aliphatic rings. The second-order valence-electron chi connectivity index (χ2n) is 8.41. The van der Waals surface area contributed by atoms with Crippen LogP contribution in [-0.2, 0) is 6.42 Å². The van der Waals surface area contributed by atoms with Crippen molar-refractivity contribution in [3.05, 3.63) is 89.5 Å². The lowest BCUT2D eigenvalue weighted by atomic mass is 9.90. The fraction of sp³-hybridized carbons (Fsp3) is 0.231. The fourth-order valence-corrected chi connectivity index (χ4v) is 5.03. The number of piperidine rings is 1. The van der Waals surface area contributed by atoms with Gasteiger partial charge in [-0.1, -0.05) is 42.5 Å². The number of amides is 2. The van der Waals surface area contributed by atoms with Crippen LogP contribution in [-0.4, -0.2) is 29.8 Å². The van der Waals surface area contributed by atoms with Gasteiger partial charge in [0.15, 0.2) is 0 Å². The molecule has 0 aliphatic carbocycles. The predicted molar refractivity (Wildman–Crippen MR) is 131 cm³/mol. The third kappa shape index (κ3) is 4.02. The van der Waals surface area contributed by atoms with Crippen molar-refractivity contribution < 1.29 is 9.59 Å². The number of rotatable bonds is 3. The number of carbonyl (C=O) groups is 2. The summed E-state index contributed by atoms with van der Waals surface area (Å²) in [6.45, 7) is 1.52. The van der Waals surface area contributed by atoms with Crippen LogP contribution >= 0.6 is 16.1 Å². The zero-order valence-corrected chi connectivity index (χ0v) is 19.2. The van der Waals surface area contributed by atoms with E-state index in [2.05, 4.69) is 45.7 Å². The van der Waals surface area contributed by atoms with Crippen molar-refractivity contribution in [3.8, 4) is 0 Å². The van der Waals surface area contributed by atoms with Gasteiger partial charge in [0, 0.05) is 18.7 Å². The van der Waals surface area contributed by atoms with Crippen LogP contribution in [0.2, 0.25) is 0 Å². The van der Waals surface area contributed by atoms with E-state index >= 15 is 0 Å². The number of fused-ring (bicyclic) bond motifs is 2. The molecule has 0 atom stereocenters. The SMILES string of the molecule is O=C(c1ccc2c(c1)N(Br)C(=O)c1ccccc1N2)N1CCC(Cc2ccccc2)CC1. The van der Waals surface area contributed by atoms with Crippen LogP contribution in [0.15, 0.2) is 72.8 Å². The van der Waals surface area contributed by atoms with E-state index in [0.717, 1.165) is 43.7 Å². The van der Waals surface area contributed by atoms with Crippen molar-refractivity contribution in [3.63, 3.8) is 0 Å². The highest BCUT2D eigenvalue weighted by atomic mass is 79.9. The minimum Gasteiger partial charge on any atom is -0.353 e. The highest BCUT2D eigenvalue weighted by molar-refractivity contribution is 9.10. The number of anilines is 3. The van der Waals surface area contributed by atoms with Crippen LogP contribution in [0.25, 0.3) is 0 Å². The van der Waals surface area contributed by atoms with Crippen molar-refractivity contribution >= 4 is 45.0 Å². The first kappa shape index (κ1) is 20.8. The van der Waals surface area contributed by atoms with Crippen molar-refractivity contribution in [2.24, 2.45) is 5.92 Å². The van der Waals surface area contributed by atoms with E-state index in [9.17, 15) is 9.59 Å². The van der Waals surface area contributed by atoms with Gasteiger partial charge in [-0.15, -0.1) is 0 Å². The Labute approximate surface area is 196 Å². The molecule has 0 bridgehead atoms. The minimum absolute atomic E-state index is 0.0149. The molecule has 0 spiro atoms. The summed E-state index contributed by atoms with van der Waals surface area (Å²) in [6.07, 6.45) is 3.07. The Morgan fingerprint density at radius 1 is 0.938 bits per heavy atom. The standard InChI is InChI=1S/C26H24BrN3O2/c27-30-24-17-20(10-11-23(24)28-22-9-5-4-8-21(22)26(30)32)25(31)29-14-12-19(13-15-29)16-18-6-2-1-3-7-18/h1-11,17,19,28H,12-16H2. The van der Waals surface area contributed by atoms with E-state index in [0.29, 0.717) is 22.7 Å². The first-order valence-corrected chi connectivity index (χ1v) is 11.6. The van der Waals surface area contributed by atoms with Gasteiger partial charge in [-0.05, 0) is 61.1 Å². The number of para-hydroxylation sites is 1. The lowest BCUT2D eigenvalue weighted by molar-refractivity contribution is 0.0690. The normalized spacial score (nSPS) is 16.1. The molecule has 3 aromatic rings. The summed E-state index contributed by atoms with van der Waals surface area (Å²) in [5.74, 6) is 0.450. The topological polar surface area (TPSA) is 52.7 Å². The van der Waals surface area contributed by atoms with Gasteiger partial charge in [0.1, 0.15) is 0 Å². The van der Waals surface area contributed by atoms with E-state index in [1.54, 1.807) is 12.1 Å². The quantitative estimate of drug-likeness (QED) is 0.473. The molecule has 2 heterocycles. The average Bonchev–Trinajstić information content (AvgIpc) is 2.94. The number of carbonyl (C=O) groups excluding carboxylic acids is 2. The van der Waals surface area contributed by atoms with Crippen LogP contribution < -0.4 is 9.24 Å². The van der Waals surface area contributed by atoms with E-state index < -0.39 is 0 Å². The van der Waals surface area contributed by atoms with Crippen molar-refractivity contribution in [2.75, 3.05) is 22.3 Å². The molecule has 2 aliphatic heterocycles. The summed E-state index contributed by atoms with van der Waals surface area (Å²) >= 11 is 3.41. The summed E-state index contributed by atoms with van der Waals surface area (Å²) in [5, 5.41) is 3.32. The molecule has 6 heteroatoms. The second-order valence-corrected chi connectivity index (χ2v) is 9.12. The molecule has 1 N–H and O–H groups in total. The van der Waals surface area contributed by atoms with E-state index in [4.69, 9.17) is 0 Å². The Balaban J connectivity index is 1.30. The third-order valence-electron chi connectivity index (χ3n) is 6.33. The van der Waals surface area contributed by atoms with Gasteiger partial charge in [-0.25, -0.2) is 3.93 Å². The number of halogens is 1. The van der Waals surface area contributed by atoms with Crippen LogP contribution in [0, 0.1) is 5.92 Å². The Morgan fingerprint density at radius 3 is 2.44 bits per heavy atom. The highest BCUT2D eigenvalue weighted by Crippen LogP contribution is 2.38. The molecule has 5 rings (SSSR count). The summed E-state index contributed by atoms with van der Waals surface area (Å²) in [6, 6.07) is 23.4. The van der Waals surface area contributed by atoms with Gasteiger partial charge in [0.05, 0.1) is 38.8 Å². The zero-order chi connectivity index (χ0) is 22.1. The fourth-order valence-electron chi connectivity index (χ4n) is 4.54.